The lowest BCUT2D eigenvalue weighted by atomic mass is 9.84. The van der Waals surface area contributed by atoms with Crippen LogP contribution < -0.4 is 10.0 Å². The van der Waals surface area contributed by atoms with Gasteiger partial charge in [0.2, 0.25) is 10.0 Å². The second-order valence-corrected chi connectivity index (χ2v) is 9.77. The predicted octanol–water partition coefficient (Wildman–Crippen LogP) is 5.05. The fourth-order valence-electron chi connectivity index (χ4n) is 3.76. The lowest BCUT2D eigenvalue weighted by Crippen LogP contribution is -2.48. The minimum atomic E-state index is -3.67. The van der Waals surface area contributed by atoms with Gasteiger partial charge in [0.05, 0.1) is 4.90 Å². The second-order valence-electron chi connectivity index (χ2n) is 8.09. The highest BCUT2D eigenvalue weighted by molar-refractivity contribution is 7.89. The van der Waals surface area contributed by atoms with Gasteiger partial charge in [-0.05, 0) is 69.0 Å². The van der Waals surface area contributed by atoms with Gasteiger partial charge in [-0.3, -0.25) is 4.79 Å². The van der Waals surface area contributed by atoms with Crippen LogP contribution in [0.2, 0.25) is 0 Å². The summed E-state index contributed by atoms with van der Waals surface area (Å²) in [5.41, 5.74) is 2.21. The molecule has 2 aromatic rings. The summed E-state index contributed by atoms with van der Waals surface area (Å²) in [6.45, 7) is 11.7. The quantitative estimate of drug-likeness (QED) is 0.632. The monoisotopic (exact) mass is 416 g/mol. The van der Waals surface area contributed by atoms with Crippen molar-refractivity contribution in [2.75, 3.05) is 5.32 Å². The molecule has 0 aliphatic heterocycles. The molecule has 0 aliphatic rings. The van der Waals surface area contributed by atoms with Crippen LogP contribution in [0.4, 0.5) is 5.69 Å². The van der Waals surface area contributed by atoms with Crippen molar-refractivity contribution in [3.8, 4) is 0 Å². The lowest BCUT2D eigenvalue weighted by molar-refractivity contribution is 0.102. The van der Waals surface area contributed by atoms with Crippen LogP contribution in [0.15, 0.2) is 47.4 Å². The average Bonchev–Trinajstić information content (AvgIpc) is 2.63. The van der Waals surface area contributed by atoms with Crippen molar-refractivity contribution in [3.63, 3.8) is 0 Å². The Morgan fingerprint density at radius 2 is 1.62 bits per heavy atom. The molecule has 1 amide bonds. The highest BCUT2D eigenvalue weighted by atomic mass is 32.2. The first-order valence-corrected chi connectivity index (χ1v) is 11.5. The summed E-state index contributed by atoms with van der Waals surface area (Å²) < 4.78 is 28.7. The van der Waals surface area contributed by atoms with Crippen LogP contribution in [0.1, 0.15) is 62.0 Å². The molecule has 0 aliphatic carbocycles. The summed E-state index contributed by atoms with van der Waals surface area (Å²) in [5, 5.41) is 2.88. The molecule has 0 atom stereocenters. The Hall–Kier alpha value is -2.18. The zero-order valence-electron chi connectivity index (χ0n) is 18.2. The van der Waals surface area contributed by atoms with Gasteiger partial charge in [0.15, 0.2) is 0 Å². The van der Waals surface area contributed by atoms with Gasteiger partial charge in [-0.25, -0.2) is 13.1 Å². The van der Waals surface area contributed by atoms with Gasteiger partial charge in [-0.2, -0.15) is 0 Å². The van der Waals surface area contributed by atoms with Crippen molar-refractivity contribution < 1.29 is 13.2 Å². The van der Waals surface area contributed by atoms with Crippen molar-refractivity contribution in [2.24, 2.45) is 5.92 Å². The fourth-order valence-corrected chi connectivity index (χ4v) is 5.31. The maximum Gasteiger partial charge on any atom is 0.255 e. The molecule has 0 radical (unpaired) electrons. The van der Waals surface area contributed by atoms with E-state index in [1.165, 1.54) is 6.07 Å². The maximum absolute atomic E-state index is 12.9. The Morgan fingerprint density at radius 1 is 1.00 bits per heavy atom. The Labute approximate surface area is 175 Å². The number of hydrogen-bond acceptors (Lipinski definition) is 3. The zero-order valence-corrected chi connectivity index (χ0v) is 19.0. The zero-order chi connectivity index (χ0) is 21.8. The van der Waals surface area contributed by atoms with Crippen LogP contribution in [0, 0.1) is 19.8 Å². The normalized spacial score (nSPS) is 12.2. The van der Waals surface area contributed by atoms with Gasteiger partial charge >= 0.3 is 0 Å². The third-order valence-electron chi connectivity index (χ3n) is 5.55. The van der Waals surface area contributed by atoms with E-state index in [4.69, 9.17) is 0 Å². The van der Waals surface area contributed by atoms with Crippen LogP contribution in [-0.2, 0) is 10.0 Å². The van der Waals surface area contributed by atoms with E-state index in [2.05, 4.69) is 23.9 Å². The third kappa shape index (κ3) is 5.46. The van der Waals surface area contributed by atoms with E-state index in [0.717, 1.165) is 18.4 Å². The number of amides is 1. The number of carbonyl (C=O) groups excluding carboxylic acids is 1. The molecule has 0 heterocycles. The van der Waals surface area contributed by atoms with Gasteiger partial charge in [-0.1, -0.05) is 44.9 Å². The van der Waals surface area contributed by atoms with Crippen LogP contribution in [-0.4, -0.2) is 19.9 Å². The molecule has 0 unspecified atom stereocenters. The number of hydrogen-bond donors (Lipinski definition) is 2. The Morgan fingerprint density at radius 3 is 2.17 bits per heavy atom. The highest BCUT2D eigenvalue weighted by Crippen LogP contribution is 2.27. The summed E-state index contributed by atoms with van der Waals surface area (Å²) in [7, 11) is -3.67. The molecule has 0 saturated carbocycles. The smallest absolute Gasteiger partial charge is 0.255 e. The molecule has 29 heavy (non-hydrogen) atoms. The van der Waals surface area contributed by atoms with Crippen LogP contribution >= 0.6 is 0 Å². The summed E-state index contributed by atoms with van der Waals surface area (Å²) in [5.74, 6) is 0.0286. The van der Waals surface area contributed by atoms with E-state index in [1.807, 2.05) is 39.0 Å². The summed E-state index contributed by atoms with van der Waals surface area (Å²) in [6.07, 6.45) is 1.80. The fraction of sp³-hybridized carbons (Fsp3) is 0.435. The number of benzene rings is 2. The standard InChI is InChI=1S/C23H32N2O3S/c1-7-18(8-2)23(5,6)25-29(27,28)19-13-14-21(17(4)15-19)24-22(26)20-12-10-9-11-16(20)3/h9-15,18,25H,7-8H2,1-6H3,(H,24,26). The molecule has 0 fully saturated rings. The Bertz CT molecular complexity index is 977. The van der Waals surface area contributed by atoms with Crippen LogP contribution in [0.25, 0.3) is 0 Å². The number of anilines is 1. The lowest BCUT2D eigenvalue weighted by Gasteiger charge is -2.34. The molecule has 5 nitrogen and oxygen atoms in total. The van der Waals surface area contributed by atoms with Crippen molar-refractivity contribution in [3.05, 3.63) is 59.2 Å². The molecular formula is C23H32N2O3S. The number of sulfonamides is 1. The molecule has 2 aromatic carbocycles. The maximum atomic E-state index is 12.9. The molecular weight excluding hydrogens is 384 g/mol. The van der Waals surface area contributed by atoms with E-state index in [1.54, 1.807) is 25.1 Å². The SMILES string of the molecule is CCC(CC)C(C)(C)NS(=O)(=O)c1ccc(NC(=O)c2ccccc2C)c(C)c1. The van der Waals surface area contributed by atoms with E-state index in [0.29, 0.717) is 16.8 Å². The molecule has 158 valence electrons. The van der Waals surface area contributed by atoms with Gasteiger partial charge < -0.3 is 5.32 Å². The largest absolute Gasteiger partial charge is 0.322 e. The average molecular weight is 417 g/mol. The Balaban J connectivity index is 2.24. The Kier molecular flexibility index (Phi) is 7.25. The highest BCUT2D eigenvalue weighted by Gasteiger charge is 2.32. The van der Waals surface area contributed by atoms with Crippen LogP contribution in [0.5, 0.6) is 0 Å². The third-order valence-corrected chi connectivity index (χ3v) is 7.22. The molecule has 0 saturated heterocycles. The molecule has 0 aromatic heterocycles. The van der Waals surface area contributed by atoms with E-state index >= 15 is 0 Å². The number of aryl methyl sites for hydroxylation is 2. The van der Waals surface area contributed by atoms with Gasteiger partial charge in [-0.15, -0.1) is 0 Å². The molecule has 2 N–H and O–H groups in total. The molecule has 6 heteroatoms. The molecule has 2 rings (SSSR count). The van der Waals surface area contributed by atoms with E-state index < -0.39 is 15.6 Å². The van der Waals surface area contributed by atoms with Crippen molar-refractivity contribution in [1.82, 2.24) is 4.72 Å². The van der Waals surface area contributed by atoms with Crippen molar-refractivity contribution >= 4 is 21.6 Å². The number of carbonyl (C=O) groups is 1. The number of rotatable bonds is 8. The molecule has 0 bridgehead atoms. The van der Waals surface area contributed by atoms with Crippen LogP contribution in [0.3, 0.4) is 0 Å². The topological polar surface area (TPSA) is 75.3 Å². The van der Waals surface area contributed by atoms with Gasteiger partial charge in [0.1, 0.15) is 0 Å². The molecule has 0 spiro atoms. The first-order chi connectivity index (χ1) is 13.5. The summed E-state index contributed by atoms with van der Waals surface area (Å²) in [6, 6.07) is 12.1. The van der Waals surface area contributed by atoms with Gasteiger partial charge in [0, 0.05) is 16.8 Å². The predicted molar refractivity (Wildman–Crippen MR) is 119 cm³/mol. The minimum Gasteiger partial charge on any atom is -0.322 e. The minimum absolute atomic E-state index is 0.197. The first kappa shape index (κ1) is 23.1. The van der Waals surface area contributed by atoms with Gasteiger partial charge in [0.25, 0.3) is 5.91 Å². The summed E-state index contributed by atoms with van der Waals surface area (Å²) >= 11 is 0. The number of nitrogens with one attached hydrogen (secondary N) is 2. The van der Waals surface area contributed by atoms with E-state index in [9.17, 15) is 13.2 Å². The first-order valence-electron chi connectivity index (χ1n) is 10.0. The summed E-state index contributed by atoms with van der Waals surface area (Å²) in [4.78, 5) is 12.8. The second kappa shape index (κ2) is 9.09. The van der Waals surface area contributed by atoms with Crippen molar-refractivity contribution in [2.45, 2.75) is 64.8 Å². The van der Waals surface area contributed by atoms with Crippen molar-refractivity contribution in [1.29, 1.82) is 0 Å². The van der Waals surface area contributed by atoms with E-state index in [-0.39, 0.29) is 16.7 Å².